The summed E-state index contributed by atoms with van der Waals surface area (Å²) in [5.74, 6) is 0. The Morgan fingerprint density at radius 3 is 2.15 bits per heavy atom. The number of anilines is 1. The van der Waals surface area contributed by atoms with Gasteiger partial charge in [-0.05, 0) is 34.4 Å². The maximum absolute atomic E-state index is 12.3. The molecule has 20 heavy (non-hydrogen) atoms. The molecule has 3 aromatic rings. The second-order valence-electron chi connectivity index (χ2n) is 4.69. The minimum Gasteiger partial charge on any atom is -0.376 e. The molecule has 0 aliphatic heterocycles. The zero-order valence-electron chi connectivity index (χ0n) is 10.5. The Hall–Kier alpha value is -2.23. The van der Waals surface area contributed by atoms with Gasteiger partial charge in [0.25, 0.3) is 0 Å². The van der Waals surface area contributed by atoms with Crippen molar-refractivity contribution in [3.63, 3.8) is 0 Å². The molecule has 0 spiro atoms. The van der Waals surface area contributed by atoms with Crippen LogP contribution in [0.2, 0.25) is 0 Å². The third-order valence-electron chi connectivity index (χ3n) is 3.23. The zero-order valence-corrected chi connectivity index (χ0v) is 10.5. The molecule has 0 saturated heterocycles. The van der Waals surface area contributed by atoms with Gasteiger partial charge in [-0.2, -0.15) is 13.2 Å². The SMILES string of the molecule is FC(F)(F)CNc1cccc2cc3ccccc3cc12. The van der Waals surface area contributed by atoms with Crippen LogP contribution < -0.4 is 5.32 Å². The standard InChI is InChI=1S/C16H12F3N/c17-16(18,19)10-20-15-7-3-6-13-8-11-4-1-2-5-12(11)9-14(13)15/h1-9,20H,10H2. The summed E-state index contributed by atoms with van der Waals surface area (Å²) >= 11 is 0. The van der Waals surface area contributed by atoms with E-state index in [1.54, 1.807) is 12.1 Å². The third-order valence-corrected chi connectivity index (χ3v) is 3.23. The van der Waals surface area contributed by atoms with Crippen LogP contribution >= 0.6 is 0 Å². The highest BCUT2D eigenvalue weighted by Crippen LogP contribution is 2.29. The van der Waals surface area contributed by atoms with E-state index >= 15 is 0 Å². The van der Waals surface area contributed by atoms with Crippen molar-refractivity contribution >= 4 is 27.2 Å². The molecule has 1 N–H and O–H groups in total. The van der Waals surface area contributed by atoms with Crippen LogP contribution in [0.1, 0.15) is 0 Å². The lowest BCUT2D eigenvalue weighted by Crippen LogP contribution is -2.21. The summed E-state index contributed by atoms with van der Waals surface area (Å²) in [7, 11) is 0. The van der Waals surface area contributed by atoms with E-state index in [9.17, 15) is 13.2 Å². The summed E-state index contributed by atoms with van der Waals surface area (Å²) < 4.78 is 37.0. The van der Waals surface area contributed by atoms with Crippen LogP contribution in [-0.2, 0) is 0 Å². The van der Waals surface area contributed by atoms with Crippen molar-refractivity contribution in [1.29, 1.82) is 0 Å². The summed E-state index contributed by atoms with van der Waals surface area (Å²) in [4.78, 5) is 0. The first-order chi connectivity index (χ1) is 9.53. The van der Waals surface area contributed by atoms with Crippen molar-refractivity contribution < 1.29 is 13.2 Å². The van der Waals surface area contributed by atoms with E-state index in [1.807, 2.05) is 42.5 Å². The highest BCUT2D eigenvalue weighted by atomic mass is 19.4. The van der Waals surface area contributed by atoms with E-state index in [4.69, 9.17) is 0 Å². The minimum atomic E-state index is -4.22. The fourth-order valence-corrected chi connectivity index (χ4v) is 2.32. The van der Waals surface area contributed by atoms with Gasteiger partial charge in [-0.3, -0.25) is 0 Å². The van der Waals surface area contributed by atoms with E-state index in [0.717, 1.165) is 21.5 Å². The second-order valence-corrected chi connectivity index (χ2v) is 4.69. The number of benzene rings is 3. The van der Waals surface area contributed by atoms with Crippen molar-refractivity contribution in [2.24, 2.45) is 0 Å². The molecule has 0 aliphatic carbocycles. The first-order valence-electron chi connectivity index (χ1n) is 6.25. The predicted octanol–water partition coefficient (Wildman–Crippen LogP) is 4.97. The van der Waals surface area contributed by atoms with Crippen molar-refractivity contribution in [1.82, 2.24) is 0 Å². The Kier molecular flexibility index (Phi) is 3.01. The Labute approximate surface area is 114 Å². The number of fused-ring (bicyclic) bond motifs is 2. The van der Waals surface area contributed by atoms with Gasteiger partial charge in [-0.25, -0.2) is 0 Å². The number of hydrogen-bond donors (Lipinski definition) is 1. The number of alkyl halides is 3. The summed E-state index contributed by atoms with van der Waals surface area (Å²) in [5, 5.41) is 6.29. The Morgan fingerprint density at radius 1 is 0.800 bits per heavy atom. The van der Waals surface area contributed by atoms with Crippen LogP contribution in [0.15, 0.2) is 54.6 Å². The summed E-state index contributed by atoms with van der Waals surface area (Å²) in [5.41, 5.74) is 0.505. The molecule has 0 radical (unpaired) electrons. The van der Waals surface area contributed by atoms with Gasteiger partial charge >= 0.3 is 6.18 Å². The van der Waals surface area contributed by atoms with Crippen LogP contribution in [0, 0.1) is 0 Å². The largest absolute Gasteiger partial charge is 0.405 e. The van der Waals surface area contributed by atoms with Gasteiger partial charge in [-0.15, -0.1) is 0 Å². The monoisotopic (exact) mass is 275 g/mol. The van der Waals surface area contributed by atoms with Crippen LogP contribution in [0.4, 0.5) is 18.9 Å². The van der Waals surface area contributed by atoms with E-state index in [-0.39, 0.29) is 0 Å². The van der Waals surface area contributed by atoms with Gasteiger partial charge in [0.2, 0.25) is 0 Å². The van der Waals surface area contributed by atoms with Crippen molar-refractivity contribution in [3.8, 4) is 0 Å². The number of hydrogen-bond acceptors (Lipinski definition) is 1. The van der Waals surface area contributed by atoms with E-state index in [1.165, 1.54) is 0 Å². The normalized spacial score (nSPS) is 11.9. The lowest BCUT2D eigenvalue weighted by molar-refractivity contribution is -0.115. The topological polar surface area (TPSA) is 12.0 Å². The summed E-state index contributed by atoms with van der Waals surface area (Å²) in [6, 6.07) is 17.0. The van der Waals surface area contributed by atoms with Gasteiger partial charge in [0.1, 0.15) is 6.54 Å². The molecule has 0 bridgehead atoms. The lowest BCUT2D eigenvalue weighted by atomic mass is 10.0. The molecule has 0 fully saturated rings. The fraction of sp³-hybridized carbons (Fsp3) is 0.125. The molecule has 1 nitrogen and oxygen atoms in total. The van der Waals surface area contributed by atoms with Gasteiger partial charge in [-0.1, -0.05) is 36.4 Å². The molecule has 3 aromatic carbocycles. The minimum absolute atomic E-state index is 0.505. The zero-order chi connectivity index (χ0) is 14.2. The second kappa shape index (κ2) is 4.71. The molecule has 0 aliphatic rings. The van der Waals surface area contributed by atoms with Crippen molar-refractivity contribution in [3.05, 3.63) is 54.6 Å². The molecule has 0 amide bonds. The van der Waals surface area contributed by atoms with Crippen molar-refractivity contribution in [2.45, 2.75) is 6.18 Å². The maximum Gasteiger partial charge on any atom is 0.405 e. The number of rotatable bonds is 2. The number of nitrogens with one attached hydrogen (secondary N) is 1. The van der Waals surface area contributed by atoms with Gasteiger partial charge in [0.05, 0.1) is 0 Å². The molecule has 0 atom stereocenters. The molecule has 102 valence electrons. The molecular formula is C16H12F3N. The third kappa shape index (κ3) is 2.54. The molecule has 0 heterocycles. The van der Waals surface area contributed by atoms with Crippen LogP contribution in [0.5, 0.6) is 0 Å². The van der Waals surface area contributed by atoms with E-state index in [2.05, 4.69) is 5.32 Å². The van der Waals surface area contributed by atoms with Crippen LogP contribution in [-0.4, -0.2) is 12.7 Å². The first kappa shape index (κ1) is 12.8. The van der Waals surface area contributed by atoms with Crippen molar-refractivity contribution in [2.75, 3.05) is 11.9 Å². The summed E-state index contributed by atoms with van der Waals surface area (Å²) in [6.07, 6.45) is -4.22. The molecule has 0 aromatic heterocycles. The van der Waals surface area contributed by atoms with Gasteiger partial charge in [0, 0.05) is 11.1 Å². The maximum atomic E-state index is 12.3. The van der Waals surface area contributed by atoms with E-state index in [0.29, 0.717) is 5.69 Å². The average molecular weight is 275 g/mol. The Morgan fingerprint density at radius 2 is 1.45 bits per heavy atom. The Bertz CT molecular complexity index is 762. The number of halogens is 3. The van der Waals surface area contributed by atoms with Gasteiger partial charge in [0.15, 0.2) is 0 Å². The molecule has 4 heteroatoms. The molecule has 0 saturated carbocycles. The lowest BCUT2D eigenvalue weighted by Gasteiger charge is -2.12. The van der Waals surface area contributed by atoms with Gasteiger partial charge < -0.3 is 5.32 Å². The van der Waals surface area contributed by atoms with Crippen LogP contribution in [0.3, 0.4) is 0 Å². The van der Waals surface area contributed by atoms with Crippen LogP contribution in [0.25, 0.3) is 21.5 Å². The summed E-state index contributed by atoms with van der Waals surface area (Å²) in [6.45, 7) is -1.03. The molecule has 0 unspecified atom stereocenters. The Balaban J connectivity index is 2.10. The quantitative estimate of drug-likeness (QED) is 0.651. The smallest absolute Gasteiger partial charge is 0.376 e. The first-order valence-corrected chi connectivity index (χ1v) is 6.25. The highest BCUT2D eigenvalue weighted by molar-refractivity contribution is 6.03. The molecular weight excluding hydrogens is 263 g/mol. The fourth-order valence-electron chi connectivity index (χ4n) is 2.32. The molecule has 3 rings (SSSR count). The predicted molar refractivity (Wildman–Crippen MR) is 76.0 cm³/mol. The highest BCUT2D eigenvalue weighted by Gasteiger charge is 2.26. The van der Waals surface area contributed by atoms with E-state index < -0.39 is 12.7 Å². The average Bonchev–Trinajstić information content (AvgIpc) is 2.42.